The fourth-order valence-electron chi connectivity index (χ4n) is 4.19. The van der Waals surface area contributed by atoms with Crippen LogP contribution in [0.3, 0.4) is 0 Å². The molecular weight excluding hydrogens is 300 g/mol. The maximum atomic E-state index is 5.84. The molecule has 2 saturated heterocycles. The summed E-state index contributed by atoms with van der Waals surface area (Å²) in [5.41, 5.74) is 8.23. The Morgan fingerprint density at radius 2 is 2.17 bits per heavy atom. The van der Waals surface area contributed by atoms with Gasteiger partial charge in [-0.05, 0) is 31.8 Å². The molecule has 0 amide bonds. The number of piperidine rings is 1. The van der Waals surface area contributed by atoms with Crippen molar-refractivity contribution in [1.82, 2.24) is 14.7 Å². The Morgan fingerprint density at radius 3 is 2.92 bits per heavy atom. The number of hydrogen-bond acceptors (Lipinski definition) is 4. The van der Waals surface area contributed by atoms with Crippen LogP contribution in [0.4, 0.5) is 0 Å². The zero-order valence-corrected chi connectivity index (χ0v) is 14.5. The first-order chi connectivity index (χ1) is 11.7. The SMILES string of the molecule is CC(C1=CC2OCCC2C=C1)N1CCC(n2cc(CN)cn2)CC1. The summed E-state index contributed by atoms with van der Waals surface area (Å²) in [5.74, 6) is 0.600. The van der Waals surface area contributed by atoms with Crippen molar-refractivity contribution in [2.24, 2.45) is 11.7 Å². The van der Waals surface area contributed by atoms with Crippen molar-refractivity contribution in [1.29, 1.82) is 0 Å². The Balaban J connectivity index is 1.36. The van der Waals surface area contributed by atoms with Crippen LogP contribution < -0.4 is 5.73 Å². The van der Waals surface area contributed by atoms with Gasteiger partial charge in [-0.15, -0.1) is 0 Å². The van der Waals surface area contributed by atoms with Crippen molar-refractivity contribution in [3.05, 3.63) is 41.8 Å². The molecule has 2 fully saturated rings. The Bertz CT molecular complexity index is 627. The first-order valence-corrected chi connectivity index (χ1v) is 9.23. The van der Waals surface area contributed by atoms with Gasteiger partial charge in [-0.25, -0.2) is 0 Å². The molecule has 3 unspecified atom stereocenters. The number of nitrogens with two attached hydrogens (primary N) is 1. The van der Waals surface area contributed by atoms with Crippen molar-refractivity contribution < 1.29 is 4.74 Å². The quantitative estimate of drug-likeness (QED) is 0.921. The standard InChI is InChI=1S/C19H28N4O/c1-14(17-3-2-16-6-9-24-19(16)10-17)22-7-4-18(5-8-22)23-13-15(11-20)12-21-23/h2-3,10,12-14,16,18-19H,4-9,11,20H2,1H3. The summed E-state index contributed by atoms with van der Waals surface area (Å²) < 4.78 is 7.96. The molecule has 1 aromatic rings. The molecule has 3 atom stereocenters. The molecule has 0 saturated carbocycles. The number of nitrogens with zero attached hydrogens (tertiary/aromatic N) is 3. The fraction of sp³-hybridized carbons (Fsp3) is 0.632. The lowest BCUT2D eigenvalue weighted by Gasteiger charge is -2.37. The average molecular weight is 328 g/mol. The normalized spacial score (nSPS) is 29.5. The molecule has 5 heteroatoms. The highest BCUT2D eigenvalue weighted by atomic mass is 16.5. The first kappa shape index (κ1) is 16.1. The summed E-state index contributed by atoms with van der Waals surface area (Å²) in [6.45, 7) is 6.03. The minimum atomic E-state index is 0.309. The van der Waals surface area contributed by atoms with Crippen LogP contribution in [0, 0.1) is 5.92 Å². The number of fused-ring (bicyclic) bond motifs is 1. The van der Waals surface area contributed by atoms with Gasteiger partial charge in [0.2, 0.25) is 0 Å². The van der Waals surface area contributed by atoms with Gasteiger partial charge in [0.15, 0.2) is 0 Å². The third-order valence-electron chi connectivity index (χ3n) is 5.87. The lowest BCUT2D eigenvalue weighted by molar-refractivity contribution is 0.129. The molecule has 0 bridgehead atoms. The number of hydrogen-bond donors (Lipinski definition) is 1. The van der Waals surface area contributed by atoms with E-state index in [0.29, 0.717) is 30.7 Å². The second-order valence-electron chi connectivity index (χ2n) is 7.29. The maximum Gasteiger partial charge on any atom is 0.0825 e. The van der Waals surface area contributed by atoms with Gasteiger partial charge in [-0.1, -0.05) is 18.2 Å². The van der Waals surface area contributed by atoms with E-state index in [1.54, 1.807) is 0 Å². The van der Waals surface area contributed by atoms with E-state index < -0.39 is 0 Å². The minimum Gasteiger partial charge on any atom is -0.373 e. The zero-order chi connectivity index (χ0) is 16.5. The van der Waals surface area contributed by atoms with Crippen LogP contribution in [0.2, 0.25) is 0 Å². The predicted octanol–water partition coefficient (Wildman–Crippen LogP) is 2.27. The van der Waals surface area contributed by atoms with E-state index in [1.165, 1.54) is 12.0 Å². The summed E-state index contributed by atoms with van der Waals surface area (Å²) >= 11 is 0. The smallest absolute Gasteiger partial charge is 0.0825 e. The van der Waals surface area contributed by atoms with Gasteiger partial charge in [0, 0.05) is 50.0 Å². The molecular formula is C19H28N4O. The summed E-state index contributed by atoms with van der Waals surface area (Å²) in [4.78, 5) is 2.59. The first-order valence-electron chi connectivity index (χ1n) is 9.23. The lowest BCUT2D eigenvalue weighted by Crippen LogP contribution is -2.41. The van der Waals surface area contributed by atoms with E-state index in [9.17, 15) is 0 Å². The van der Waals surface area contributed by atoms with E-state index in [1.807, 2.05) is 6.20 Å². The van der Waals surface area contributed by atoms with Gasteiger partial charge < -0.3 is 10.5 Å². The van der Waals surface area contributed by atoms with Crippen LogP contribution in [-0.4, -0.2) is 46.5 Å². The van der Waals surface area contributed by atoms with Gasteiger partial charge in [-0.2, -0.15) is 5.10 Å². The van der Waals surface area contributed by atoms with Crippen molar-refractivity contribution in [2.45, 2.75) is 50.9 Å². The summed E-state index contributed by atoms with van der Waals surface area (Å²) in [7, 11) is 0. The Morgan fingerprint density at radius 1 is 1.33 bits per heavy atom. The fourth-order valence-corrected chi connectivity index (χ4v) is 4.19. The van der Waals surface area contributed by atoms with E-state index in [4.69, 9.17) is 10.5 Å². The molecule has 130 valence electrons. The van der Waals surface area contributed by atoms with Crippen molar-refractivity contribution >= 4 is 0 Å². The molecule has 5 nitrogen and oxygen atoms in total. The van der Waals surface area contributed by atoms with E-state index in [0.717, 1.165) is 38.1 Å². The minimum absolute atomic E-state index is 0.309. The second-order valence-corrected chi connectivity index (χ2v) is 7.29. The van der Waals surface area contributed by atoms with Gasteiger partial charge in [-0.3, -0.25) is 9.58 Å². The van der Waals surface area contributed by atoms with Crippen LogP contribution in [0.25, 0.3) is 0 Å². The zero-order valence-electron chi connectivity index (χ0n) is 14.5. The van der Waals surface area contributed by atoms with Gasteiger partial charge >= 0.3 is 0 Å². The van der Waals surface area contributed by atoms with Crippen LogP contribution in [0.15, 0.2) is 36.2 Å². The number of aromatic nitrogens is 2. The number of ether oxygens (including phenoxy) is 1. The van der Waals surface area contributed by atoms with Crippen molar-refractivity contribution in [3.63, 3.8) is 0 Å². The Hall–Kier alpha value is -1.43. The second kappa shape index (κ2) is 6.82. The van der Waals surface area contributed by atoms with E-state index in [2.05, 4.69) is 46.0 Å². The van der Waals surface area contributed by atoms with Crippen LogP contribution in [0.5, 0.6) is 0 Å². The molecule has 3 aliphatic rings. The average Bonchev–Trinajstić information content (AvgIpc) is 3.29. The summed E-state index contributed by atoms with van der Waals surface area (Å²) in [6, 6.07) is 0.969. The van der Waals surface area contributed by atoms with Gasteiger partial charge in [0.05, 0.1) is 18.3 Å². The topological polar surface area (TPSA) is 56.3 Å². The lowest BCUT2D eigenvalue weighted by atomic mass is 9.90. The molecule has 4 rings (SSSR count). The molecule has 0 spiro atoms. The molecule has 2 N–H and O–H groups in total. The monoisotopic (exact) mass is 328 g/mol. The highest BCUT2D eigenvalue weighted by Gasteiger charge is 2.30. The van der Waals surface area contributed by atoms with Crippen molar-refractivity contribution in [3.8, 4) is 0 Å². The summed E-state index contributed by atoms with van der Waals surface area (Å²) in [6.07, 6.45) is 14.8. The highest BCUT2D eigenvalue weighted by molar-refractivity contribution is 5.31. The molecule has 1 aliphatic carbocycles. The largest absolute Gasteiger partial charge is 0.373 e. The van der Waals surface area contributed by atoms with E-state index >= 15 is 0 Å². The van der Waals surface area contributed by atoms with Crippen molar-refractivity contribution in [2.75, 3.05) is 19.7 Å². The van der Waals surface area contributed by atoms with Gasteiger partial charge in [0.1, 0.15) is 0 Å². The third-order valence-corrected chi connectivity index (χ3v) is 5.87. The Kier molecular flexibility index (Phi) is 4.57. The number of rotatable bonds is 4. The van der Waals surface area contributed by atoms with Crippen LogP contribution in [0.1, 0.15) is 37.8 Å². The molecule has 2 aliphatic heterocycles. The van der Waals surface area contributed by atoms with E-state index in [-0.39, 0.29) is 0 Å². The van der Waals surface area contributed by atoms with Crippen LogP contribution >= 0.6 is 0 Å². The predicted molar refractivity (Wildman–Crippen MR) is 94.5 cm³/mol. The summed E-state index contributed by atoms with van der Waals surface area (Å²) in [5, 5.41) is 4.49. The van der Waals surface area contributed by atoms with Crippen LogP contribution in [-0.2, 0) is 11.3 Å². The highest BCUT2D eigenvalue weighted by Crippen LogP contribution is 2.32. The molecule has 0 radical (unpaired) electrons. The molecule has 0 aromatic carbocycles. The molecule has 24 heavy (non-hydrogen) atoms. The van der Waals surface area contributed by atoms with Gasteiger partial charge in [0.25, 0.3) is 0 Å². The maximum absolute atomic E-state index is 5.84. The molecule has 3 heterocycles. The Labute approximate surface area is 144 Å². The molecule has 1 aromatic heterocycles. The third kappa shape index (κ3) is 3.08. The number of likely N-dealkylation sites (tertiary alicyclic amines) is 1.